The van der Waals surface area contributed by atoms with Crippen LogP contribution in [0.4, 0.5) is 19.3 Å². The fourth-order valence-electron chi connectivity index (χ4n) is 3.19. The first kappa shape index (κ1) is 26.9. The fourth-order valence-corrected chi connectivity index (χ4v) is 3.19. The highest BCUT2D eigenvalue weighted by atomic mass is 35.5. The van der Waals surface area contributed by atoms with Crippen LogP contribution in [-0.4, -0.2) is 48.0 Å². The molecule has 1 amide bonds. The van der Waals surface area contributed by atoms with Gasteiger partial charge in [0.05, 0.1) is 18.8 Å². The lowest BCUT2D eigenvalue weighted by molar-refractivity contribution is 0.158. The minimum Gasteiger partial charge on any atom is -0.449 e. The maximum absolute atomic E-state index is 13.6. The van der Waals surface area contributed by atoms with Crippen LogP contribution in [0, 0.1) is 11.6 Å². The van der Waals surface area contributed by atoms with E-state index in [1.165, 1.54) is 16.8 Å². The Morgan fingerprint density at radius 1 is 1.06 bits per heavy atom. The lowest BCUT2D eigenvalue weighted by atomic mass is 10.1. The number of aromatic nitrogens is 2. The molecule has 0 spiro atoms. The van der Waals surface area contributed by atoms with Crippen molar-refractivity contribution < 1.29 is 18.3 Å². The summed E-state index contributed by atoms with van der Waals surface area (Å²) in [7, 11) is 3.98. The Balaban J connectivity index is 0.00000408. The molecule has 0 radical (unpaired) electrons. The van der Waals surface area contributed by atoms with Crippen molar-refractivity contribution in [1.82, 2.24) is 14.7 Å². The Morgan fingerprint density at radius 3 is 2.50 bits per heavy atom. The number of amides is 1. The molecular formula is C24H27ClF2N4O3. The number of nitrogens with zero attached hydrogens (tertiary/aromatic N) is 3. The maximum Gasteiger partial charge on any atom is 0.411 e. The van der Waals surface area contributed by atoms with Gasteiger partial charge in [0.25, 0.3) is 5.56 Å². The molecule has 0 unspecified atom stereocenters. The van der Waals surface area contributed by atoms with Gasteiger partial charge in [0.1, 0.15) is 11.6 Å². The highest BCUT2D eigenvalue weighted by Gasteiger charge is 2.09. The monoisotopic (exact) mass is 492 g/mol. The smallest absolute Gasteiger partial charge is 0.411 e. The third-order valence-corrected chi connectivity index (χ3v) is 4.76. The van der Waals surface area contributed by atoms with E-state index in [9.17, 15) is 18.4 Å². The Kier molecular flexibility index (Phi) is 10.2. The van der Waals surface area contributed by atoms with E-state index in [0.29, 0.717) is 17.9 Å². The molecule has 0 aliphatic rings. The van der Waals surface area contributed by atoms with E-state index in [-0.39, 0.29) is 35.8 Å². The average Bonchev–Trinajstić information content (AvgIpc) is 2.74. The number of halogens is 3. The number of carbonyl (C=O) groups excluding carboxylic acids is 1. The standard InChI is InChI=1S/C24H26F2N4O3.ClH/c1-29(2)10-3-4-11-33-24(32)27-21-7-5-6-17(12-21)16-30-23(31)9-8-22(28-30)18-13-19(25)15-20(26)14-18;/h5-9,12-15H,3-4,10-11,16H2,1-2H3,(H,27,32);1H. The molecule has 10 heteroatoms. The largest absolute Gasteiger partial charge is 0.449 e. The summed E-state index contributed by atoms with van der Waals surface area (Å²) in [5, 5.41) is 6.91. The molecule has 0 bridgehead atoms. The number of hydrogen-bond acceptors (Lipinski definition) is 5. The molecule has 182 valence electrons. The first-order valence-corrected chi connectivity index (χ1v) is 10.5. The van der Waals surface area contributed by atoms with Gasteiger partial charge in [-0.25, -0.2) is 18.3 Å². The molecule has 0 aliphatic heterocycles. The Hall–Kier alpha value is -3.30. The molecule has 7 nitrogen and oxygen atoms in total. The third kappa shape index (κ3) is 8.24. The summed E-state index contributed by atoms with van der Waals surface area (Å²) in [6, 6.07) is 12.7. The normalized spacial score (nSPS) is 10.6. The first-order valence-electron chi connectivity index (χ1n) is 10.5. The zero-order chi connectivity index (χ0) is 23.8. The average molecular weight is 493 g/mol. The second kappa shape index (κ2) is 12.8. The van der Waals surface area contributed by atoms with Gasteiger partial charge in [0, 0.05) is 23.4 Å². The lowest BCUT2D eigenvalue weighted by Crippen LogP contribution is -2.23. The molecule has 2 aromatic carbocycles. The van der Waals surface area contributed by atoms with E-state index >= 15 is 0 Å². The van der Waals surface area contributed by atoms with Gasteiger partial charge < -0.3 is 9.64 Å². The van der Waals surface area contributed by atoms with Gasteiger partial charge in [0.15, 0.2) is 0 Å². The van der Waals surface area contributed by atoms with Gasteiger partial charge in [-0.15, -0.1) is 12.4 Å². The second-order valence-corrected chi connectivity index (χ2v) is 7.84. The molecule has 0 saturated carbocycles. The predicted octanol–water partition coefficient (Wildman–Crippen LogP) is 4.55. The minimum atomic E-state index is -0.729. The quantitative estimate of drug-likeness (QED) is 0.443. The van der Waals surface area contributed by atoms with E-state index < -0.39 is 17.7 Å². The highest BCUT2D eigenvalue weighted by Crippen LogP contribution is 2.19. The number of anilines is 1. The van der Waals surface area contributed by atoms with Gasteiger partial charge in [-0.2, -0.15) is 5.10 Å². The number of ether oxygens (including phenoxy) is 1. The summed E-state index contributed by atoms with van der Waals surface area (Å²) in [5.74, 6) is -1.46. The minimum absolute atomic E-state index is 0. The molecule has 34 heavy (non-hydrogen) atoms. The van der Waals surface area contributed by atoms with Crippen LogP contribution in [0.2, 0.25) is 0 Å². The van der Waals surface area contributed by atoms with Crippen molar-refractivity contribution in [3.63, 3.8) is 0 Å². The van der Waals surface area contributed by atoms with Crippen molar-refractivity contribution in [1.29, 1.82) is 0 Å². The molecule has 3 rings (SSSR count). The zero-order valence-corrected chi connectivity index (χ0v) is 19.8. The van der Waals surface area contributed by atoms with Crippen molar-refractivity contribution in [3.8, 4) is 11.3 Å². The van der Waals surface area contributed by atoms with Crippen molar-refractivity contribution in [2.75, 3.05) is 32.6 Å². The Morgan fingerprint density at radius 2 is 1.79 bits per heavy atom. The summed E-state index contributed by atoms with van der Waals surface area (Å²) in [4.78, 5) is 26.4. The Labute approximate surface area is 202 Å². The van der Waals surface area contributed by atoms with Crippen LogP contribution in [0.25, 0.3) is 11.3 Å². The van der Waals surface area contributed by atoms with Crippen LogP contribution < -0.4 is 10.9 Å². The van der Waals surface area contributed by atoms with Gasteiger partial charge in [-0.05, 0) is 69.4 Å². The van der Waals surface area contributed by atoms with Crippen LogP contribution in [0.15, 0.2) is 59.4 Å². The predicted molar refractivity (Wildman–Crippen MR) is 129 cm³/mol. The van der Waals surface area contributed by atoms with Crippen LogP contribution >= 0.6 is 12.4 Å². The van der Waals surface area contributed by atoms with Crippen molar-refractivity contribution in [2.45, 2.75) is 19.4 Å². The molecule has 0 atom stereocenters. The van der Waals surface area contributed by atoms with Gasteiger partial charge in [0.2, 0.25) is 0 Å². The number of rotatable bonds is 9. The lowest BCUT2D eigenvalue weighted by Gasteiger charge is -2.11. The number of hydrogen-bond donors (Lipinski definition) is 1. The van der Waals surface area contributed by atoms with E-state index in [4.69, 9.17) is 4.74 Å². The van der Waals surface area contributed by atoms with Gasteiger partial charge in [-0.1, -0.05) is 12.1 Å². The van der Waals surface area contributed by atoms with Crippen LogP contribution in [0.5, 0.6) is 0 Å². The molecule has 1 heterocycles. The van der Waals surface area contributed by atoms with Crippen LogP contribution in [0.1, 0.15) is 18.4 Å². The van der Waals surface area contributed by atoms with Crippen molar-refractivity contribution in [2.24, 2.45) is 0 Å². The Bertz CT molecular complexity index is 1150. The van der Waals surface area contributed by atoms with Crippen LogP contribution in [0.3, 0.4) is 0 Å². The molecule has 1 N–H and O–H groups in total. The summed E-state index contributed by atoms with van der Waals surface area (Å²) in [5.41, 5.74) is 1.34. The molecule has 0 aliphatic carbocycles. The molecule has 0 fully saturated rings. The second-order valence-electron chi connectivity index (χ2n) is 7.84. The highest BCUT2D eigenvalue weighted by molar-refractivity contribution is 5.85. The fraction of sp³-hybridized carbons (Fsp3) is 0.292. The van der Waals surface area contributed by atoms with E-state index in [2.05, 4.69) is 15.3 Å². The van der Waals surface area contributed by atoms with Crippen LogP contribution in [-0.2, 0) is 11.3 Å². The SMILES string of the molecule is CN(C)CCCCOC(=O)Nc1cccc(Cn2nc(-c3cc(F)cc(F)c3)ccc2=O)c1.Cl. The summed E-state index contributed by atoms with van der Waals surface area (Å²) < 4.78 is 33.5. The molecule has 1 aromatic heterocycles. The van der Waals surface area contributed by atoms with Crippen molar-refractivity contribution in [3.05, 3.63) is 82.1 Å². The number of nitrogens with one attached hydrogen (secondary N) is 1. The maximum atomic E-state index is 13.6. The van der Waals surface area contributed by atoms with E-state index in [1.54, 1.807) is 24.3 Å². The molecule has 0 saturated heterocycles. The van der Waals surface area contributed by atoms with E-state index in [0.717, 1.165) is 37.6 Å². The molecule has 3 aromatic rings. The summed E-state index contributed by atoms with van der Waals surface area (Å²) in [6.07, 6.45) is 1.15. The zero-order valence-electron chi connectivity index (χ0n) is 19.0. The molecular weight excluding hydrogens is 466 g/mol. The van der Waals surface area contributed by atoms with E-state index in [1.807, 2.05) is 14.1 Å². The first-order chi connectivity index (χ1) is 15.8. The summed E-state index contributed by atoms with van der Waals surface area (Å²) in [6.45, 7) is 1.36. The summed E-state index contributed by atoms with van der Waals surface area (Å²) >= 11 is 0. The topological polar surface area (TPSA) is 76.5 Å². The number of benzene rings is 2. The van der Waals surface area contributed by atoms with Gasteiger partial charge >= 0.3 is 6.09 Å². The number of carbonyl (C=O) groups is 1. The third-order valence-electron chi connectivity index (χ3n) is 4.76. The number of unbranched alkanes of at least 4 members (excludes halogenated alkanes) is 1. The van der Waals surface area contributed by atoms with Gasteiger partial charge in [-0.3, -0.25) is 10.1 Å². The van der Waals surface area contributed by atoms with Crippen molar-refractivity contribution >= 4 is 24.2 Å².